The number of hydrogen-bond donors (Lipinski definition) is 2. The Kier molecular flexibility index (Phi) is 5.13. The number of carbonyl (C=O) groups excluding carboxylic acids is 1. The Balaban J connectivity index is 1.51. The third-order valence-corrected chi connectivity index (χ3v) is 5.62. The average molecular weight is 370 g/mol. The predicted octanol–water partition coefficient (Wildman–Crippen LogP) is 2.14. The molecule has 0 saturated carbocycles. The molecule has 144 valence electrons. The van der Waals surface area contributed by atoms with Crippen LogP contribution < -0.4 is 10.1 Å². The predicted molar refractivity (Wildman–Crippen MR) is 101 cm³/mol. The summed E-state index contributed by atoms with van der Waals surface area (Å²) < 4.78 is 11.7. The van der Waals surface area contributed by atoms with Gasteiger partial charge in [-0.3, -0.25) is 4.79 Å². The van der Waals surface area contributed by atoms with Crippen molar-refractivity contribution in [3.63, 3.8) is 0 Å². The highest BCUT2D eigenvalue weighted by atomic mass is 16.5. The molecule has 0 aliphatic carbocycles. The molecule has 27 heavy (non-hydrogen) atoms. The number of aromatic amines is 1. The monoisotopic (exact) mass is 370 g/mol. The number of imidazole rings is 1. The van der Waals surface area contributed by atoms with Crippen molar-refractivity contribution in [3.8, 4) is 5.75 Å². The number of para-hydroxylation sites is 1. The number of ether oxygens (including phenoxy) is 2. The van der Waals surface area contributed by atoms with Gasteiger partial charge in [0.15, 0.2) is 0 Å². The number of hydrogen-bond acceptors (Lipinski definition) is 5. The van der Waals surface area contributed by atoms with E-state index < -0.39 is 0 Å². The zero-order valence-electron chi connectivity index (χ0n) is 15.6. The fourth-order valence-electron chi connectivity index (χ4n) is 4.07. The van der Waals surface area contributed by atoms with Crippen LogP contribution >= 0.6 is 0 Å². The minimum atomic E-state index is -0.232. The molecule has 1 aromatic heterocycles. The number of nitrogens with zero attached hydrogens (tertiary/aromatic N) is 2. The molecule has 1 spiro atoms. The van der Waals surface area contributed by atoms with Crippen molar-refractivity contribution in [1.82, 2.24) is 20.2 Å². The van der Waals surface area contributed by atoms with Crippen LogP contribution in [0.25, 0.3) is 0 Å². The van der Waals surface area contributed by atoms with Crippen LogP contribution in [-0.2, 0) is 4.74 Å². The van der Waals surface area contributed by atoms with E-state index in [0.29, 0.717) is 5.69 Å². The quantitative estimate of drug-likeness (QED) is 0.843. The Morgan fingerprint density at radius 2 is 2.22 bits per heavy atom. The second kappa shape index (κ2) is 7.70. The molecular weight excluding hydrogens is 344 g/mol. The highest BCUT2D eigenvalue weighted by molar-refractivity contribution is 5.92. The van der Waals surface area contributed by atoms with E-state index in [2.05, 4.69) is 20.2 Å². The molecule has 1 aromatic carbocycles. The van der Waals surface area contributed by atoms with E-state index in [1.54, 1.807) is 13.3 Å². The number of H-pyrrole nitrogens is 1. The van der Waals surface area contributed by atoms with E-state index in [4.69, 9.17) is 9.47 Å². The summed E-state index contributed by atoms with van der Waals surface area (Å²) in [5.41, 5.74) is 1.28. The minimum Gasteiger partial charge on any atom is -0.487 e. The van der Waals surface area contributed by atoms with Gasteiger partial charge in [0, 0.05) is 38.7 Å². The fourth-order valence-corrected chi connectivity index (χ4v) is 4.07. The third kappa shape index (κ3) is 3.84. The van der Waals surface area contributed by atoms with Gasteiger partial charge in [0.05, 0.1) is 25.2 Å². The third-order valence-electron chi connectivity index (χ3n) is 5.62. The number of benzene rings is 1. The molecule has 1 atom stereocenters. The summed E-state index contributed by atoms with van der Waals surface area (Å²) >= 11 is 0. The molecule has 1 fully saturated rings. The van der Waals surface area contributed by atoms with Crippen LogP contribution in [0.5, 0.6) is 5.75 Å². The van der Waals surface area contributed by atoms with Gasteiger partial charge in [-0.1, -0.05) is 18.2 Å². The molecule has 1 saturated heterocycles. The molecule has 2 aliphatic rings. The topological polar surface area (TPSA) is 79.5 Å². The van der Waals surface area contributed by atoms with Crippen LogP contribution in [0, 0.1) is 0 Å². The summed E-state index contributed by atoms with van der Waals surface area (Å²) in [5.74, 6) is 0.742. The number of fused-ring (bicyclic) bond motifs is 1. The smallest absolute Gasteiger partial charge is 0.269 e. The van der Waals surface area contributed by atoms with Crippen molar-refractivity contribution in [2.45, 2.75) is 30.9 Å². The maximum atomic E-state index is 12.6. The number of amides is 1. The van der Waals surface area contributed by atoms with E-state index in [1.807, 2.05) is 24.3 Å². The summed E-state index contributed by atoms with van der Waals surface area (Å²) in [4.78, 5) is 21.8. The Bertz CT molecular complexity index is 769. The van der Waals surface area contributed by atoms with E-state index in [0.717, 1.165) is 56.8 Å². The summed E-state index contributed by atoms with van der Waals surface area (Å²) in [7, 11) is 1.74. The lowest BCUT2D eigenvalue weighted by molar-refractivity contribution is -0.0281. The number of nitrogens with one attached hydrogen (secondary N) is 2. The molecular formula is C20H26N4O3. The van der Waals surface area contributed by atoms with Crippen LogP contribution in [0.2, 0.25) is 0 Å². The van der Waals surface area contributed by atoms with Crippen LogP contribution in [0.15, 0.2) is 36.8 Å². The van der Waals surface area contributed by atoms with Crippen molar-refractivity contribution in [2.24, 2.45) is 0 Å². The Morgan fingerprint density at radius 1 is 1.41 bits per heavy atom. The van der Waals surface area contributed by atoms with Crippen molar-refractivity contribution in [1.29, 1.82) is 0 Å². The summed E-state index contributed by atoms with van der Waals surface area (Å²) in [6.07, 6.45) is 5.74. The first-order chi connectivity index (χ1) is 13.2. The van der Waals surface area contributed by atoms with Crippen LogP contribution in [-0.4, -0.2) is 59.7 Å². The van der Waals surface area contributed by atoms with Crippen LogP contribution in [0.3, 0.4) is 0 Å². The molecule has 0 radical (unpaired) electrons. The van der Waals surface area contributed by atoms with Gasteiger partial charge in [-0.2, -0.15) is 0 Å². The maximum Gasteiger partial charge on any atom is 0.269 e. The highest BCUT2D eigenvalue weighted by Gasteiger charge is 2.43. The molecule has 2 aromatic rings. The van der Waals surface area contributed by atoms with E-state index in [-0.39, 0.29) is 17.6 Å². The number of rotatable bonds is 5. The van der Waals surface area contributed by atoms with Gasteiger partial charge in [-0.25, -0.2) is 4.98 Å². The Labute approximate surface area is 159 Å². The SMILES string of the molecule is COCCN1CCC2(CC1)CC(NC(=O)c1cnc[nH]1)c1ccccc1O2. The van der Waals surface area contributed by atoms with Gasteiger partial charge in [-0.15, -0.1) is 0 Å². The van der Waals surface area contributed by atoms with Crippen molar-refractivity contribution < 1.29 is 14.3 Å². The van der Waals surface area contributed by atoms with Crippen LogP contribution in [0.1, 0.15) is 41.4 Å². The average Bonchev–Trinajstić information content (AvgIpc) is 3.23. The molecule has 2 aliphatic heterocycles. The number of likely N-dealkylation sites (tertiary alicyclic amines) is 1. The van der Waals surface area contributed by atoms with E-state index >= 15 is 0 Å². The first kappa shape index (κ1) is 18.0. The fraction of sp³-hybridized carbons (Fsp3) is 0.500. The van der Waals surface area contributed by atoms with Gasteiger partial charge in [-0.05, 0) is 18.9 Å². The second-order valence-corrected chi connectivity index (χ2v) is 7.35. The zero-order chi connectivity index (χ0) is 18.7. The second-order valence-electron chi connectivity index (χ2n) is 7.35. The summed E-state index contributed by atoms with van der Waals surface area (Å²) in [6, 6.07) is 7.94. The molecule has 1 unspecified atom stereocenters. The van der Waals surface area contributed by atoms with Gasteiger partial charge < -0.3 is 24.7 Å². The molecule has 2 N–H and O–H groups in total. The lowest BCUT2D eigenvalue weighted by atomic mass is 9.80. The minimum absolute atomic E-state index is 0.0729. The maximum absolute atomic E-state index is 12.6. The molecule has 0 bridgehead atoms. The van der Waals surface area contributed by atoms with E-state index in [9.17, 15) is 4.79 Å². The Hall–Kier alpha value is -2.38. The zero-order valence-corrected chi connectivity index (χ0v) is 15.6. The molecule has 4 rings (SSSR count). The lowest BCUT2D eigenvalue weighted by Gasteiger charge is -2.47. The van der Waals surface area contributed by atoms with Crippen molar-refractivity contribution >= 4 is 5.91 Å². The van der Waals surface area contributed by atoms with Gasteiger partial charge in [0.25, 0.3) is 5.91 Å². The molecule has 7 heteroatoms. The van der Waals surface area contributed by atoms with Gasteiger partial charge >= 0.3 is 0 Å². The van der Waals surface area contributed by atoms with Crippen molar-refractivity contribution in [2.75, 3.05) is 33.4 Å². The first-order valence-corrected chi connectivity index (χ1v) is 9.48. The molecule has 3 heterocycles. The number of methoxy groups -OCH3 is 1. The van der Waals surface area contributed by atoms with Gasteiger partial charge in [0.1, 0.15) is 17.0 Å². The lowest BCUT2D eigenvalue weighted by Crippen LogP contribution is -2.52. The highest BCUT2D eigenvalue weighted by Crippen LogP contribution is 2.44. The van der Waals surface area contributed by atoms with Gasteiger partial charge in [0.2, 0.25) is 0 Å². The normalized spacial score (nSPS) is 21.4. The number of piperidine rings is 1. The van der Waals surface area contributed by atoms with Crippen molar-refractivity contribution in [3.05, 3.63) is 48.0 Å². The van der Waals surface area contributed by atoms with Crippen LogP contribution in [0.4, 0.5) is 0 Å². The Morgan fingerprint density at radius 3 is 2.96 bits per heavy atom. The largest absolute Gasteiger partial charge is 0.487 e. The van der Waals surface area contributed by atoms with E-state index in [1.165, 1.54) is 6.33 Å². The summed E-state index contributed by atoms with van der Waals surface area (Å²) in [5, 5.41) is 3.17. The number of aromatic nitrogens is 2. The standard InChI is InChI=1S/C20H26N4O3/c1-26-11-10-24-8-6-20(7-9-24)12-16(15-4-2-3-5-18(15)27-20)23-19(25)17-13-21-14-22-17/h2-5,13-14,16H,6-12H2,1H3,(H,21,22)(H,23,25). The number of carbonyl (C=O) groups is 1. The summed E-state index contributed by atoms with van der Waals surface area (Å²) in [6.45, 7) is 3.65. The molecule has 7 nitrogen and oxygen atoms in total. The molecule has 1 amide bonds. The first-order valence-electron chi connectivity index (χ1n) is 9.48.